The second kappa shape index (κ2) is 3.79. The number of phenols is 1. The molecule has 14 heavy (non-hydrogen) atoms. The van der Waals surface area contributed by atoms with Gasteiger partial charge < -0.3 is 10.0 Å². The predicted molar refractivity (Wildman–Crippen MR) is 50.8 cm³/mol. The van der Waals surface area contributed by atoms with Gasteiger partial charge in [0, 0.05) is 14.1 Å². The number of carbonyl (C=O) groups excluding carboxylic acids is 1. The highest BCUT2D eigenvalue weighted by atomic mass is 16.3. The molecule has 0 heterocycles. The summed E-state index contributed by atoms with van der Waals surface area (Å²) in [5, 5.41) is 18.0. The van der Waals surface area contributed by atoms with Crippen LogP contribution in [0.5, 0.6) is 5.75 Å². The van der Waals surface area contributed by atoms with Crippen LogP contribution in [0.1, 0.15) is 15.9 Å². The quantitative estimate of drug-likeness (QED) is 0.717. The van der Waals surface area contributed by atoms with Crippen LogP contribution in [0, 0.1) is 11.3 Å². The smallest absolute Gasteiger partial charge is 0.257 e. The molecule has 0 spiro atoms. The fraction of sp³-hybridized carbons (Fsp3) is 0.200. The summed E-state index contributed by atoms with van der Waals surface area (Å²) in [4.78, 5) is 12.8. The van der Waals surface area contributed by atoms with Gasteiger partial charge in [-0.2, -0.15) is 5.26 Å². The molecule has 0 saturated heterocycles. The lowest BCUT2D eigenvalue weighted by Gasteiger charge is -2.11. The molecular formula is C10H10N2O2. The third-order valence-electron chi connectivity index (χ3n) is 1.76. The highest BCUT2D eigenvalue weighted by Gasteiger charge is 2.13. The molecule has 1 N–H and O–H groups in total. The summed E-state index contributed by atoms with van der Waals surface area (Å²) in [5.41, 5.74) is 0.502. The molecule has 0 bridgehead atoms. The molecule has 0 aliphatic carbocycles. The van der Waals surface area contributed by atoms with Gasteiger partial charge in [0.25, 0.3) is 5.91 Å². The fourth-order valence-corrected chi connectivity index (χ4v) is 1.02. The lowest BCUT2D eigenvalue weighted by molar-refractivity contribution is 0.0824. The normalized spacial score (nSPS) is 9.21. The Kier molecular flexibility index (Phi) is 2.73. The van der Waals surface area contributed by atoms with Crippen molar-refractivity contribution < 1.29 is 9.90 Å². The maximum atomic E-state index is 11.5. The third kappa shape index (κ3) is 1.83. The van der Waals surface area contributed by atoms with E-state index in [2.05, 4.69) is 0 Å². The zero-order valence-electron chi connectivity index (χ0n) is 7.98. The van der Waals surface area contributed by atoms with Gasteiger partial charge in [-0.15, -0.1) is 0 Å². The molecule has 4 heteroatoms. The van der Waals surface area contributed by atoms with E-state index >= 15 is 0 Å². The minimum absolute atomic E-state index is 0.109. The molecule has 1 amide bonds. The monoisotopic (exact) mass is 190 g/mol. The average Bonchev–Trinajstić information content (AvgIpc) is 2.17. The van der Waals surface area contributed by atoms with Crippen LogP contribution in [0.15, 0.2) is 18.2 Å². The van der Waals surface area contributed by atoms with Gasteiger partial charge in [-0.05, 0) is 18.2 Å². The van der Waals surface area contributed by atoms with Crippen molar-refractivity contribution in [2.75, 3.05) is 14.1 Å². The minimum Gasteiger partial charge on any atom is -0.507 e. The van der Waals surface area contributed by atoms with Gasteiger partial charge in [0.1, 0.15) is 5.75 Å². The number of carbonyl (C=O) groups is 1. The first kappa shape index (κ1) is 10.1. The Morgan fingerprint density at radius 2 is 2.14 bits per heavy atom. The largest absolute Gasteiger partial charge is 0.507 e. The van der Waals surface area contributed by atoms with Crippen molar-refractivity contribution in [3.63, 3.8) is 0 Å². The second-order valence-electron chi connectivity index (χ2n) is 3.04. The lowest BCUT2D eigenvalue weighted by atomic mass is 10.1. The average molecular weight is 190 g/mol. The molecule has 4 nitrogen and oxygen atoms in total. The van der Waals surface area contributed by atoms with Crippen LogP contribution in [-0.2, 0) is 0 Å². The van der Waals surface area contributed by atoms with E-state index in [1.165, 1.54) is 23.1 Å². The summed E-state index contributed by atoms with van der Waals surface area (Å²) in [6.07, 6.45) is 0. The van der Waals surface area contributed by atoms with Crippen LogP contribution in [0.2, 0.25) is 0 Å². The summed E-state index contributed by atoms with van der Waals surface area (Å²) in [7, 11) is 3.17. The number of rotatable bonds is 1. The molecule has 1 rings (SSSR count). The number of amides is 1. The van der Waals surface area contributed by atoms with Crippen molar-refractivity contribution in [2.24, 2.45) is 0 Å². The molecule has 0 saturated carbocycles. The number of phenolic OH excluding ortho intramolecular Hbond substituents is 1. The molecule has 1 aromatic rings. The Morgan fingerprint density at radius 3 is 2.64 bits per heavy atom. The first-order valence-electron chi connectivity index (χ1n) is 4.01. The van der Waals surface area contributed by atoms with Crippen LogP contribution in [0.25, 0.3) is 0 Å². The van der Waals surface area contributed by atoms with Gasteiger partial charge in [-0.25, -0.2) is 0 Å². The summed E-state index contributed by atoms with van der Waals surface area (Å²) in [6, 6.07) is 6.08. The van der Waals surface area contributed by atoms with Crippen molar-refractivity contribution in [3.05, 3.63) is 29.3 Å². The van der Waals surface area contributed by atoms with Gasteiger partial charge in [0.05, 0.1) is 17.2 Å². The van der Waals surface area contributed by atoms with Crippen LogP contribution < -0.4 is 0 Å². The van der Waals surface area contributed by atoms with Gasteiger partial charge >= 0.3 is 0 Å². The van der Waals surface area contributed by atoms with Gasteiger partial charge in [0.2, 0.25) is 0 Å². The third-order valence-corrected chi connectivity index (χ3v) is 1.76. The van der Waals surface area contributed by atoms with Crippen molar-refractivity contribution in [1.29, 1.82) is 5.26 Å². The Balaban J connectivity index is 3.21. The fourth-order valence-electron chi connectivity index (χ4n) is 1.02. The number of aromatic hydroxyl groups is 1. The number of hydrogen-bond donors (Lipinski definition) is 1. The molecular weight excluding hydrogens is 180 g/mol. The molecule has 0 aliphatic rings. The van der Waals surface area contributed by atoms with E-state index in [1.807, 2.05) is 6.07 Å². The van der Waals surface area contributed by atoms with Crippen LogP contribution in [0.4, 0.5) is 0 Å². The van der Waals surface area contributed by atoms with Crippen LogP contribution >= 0.6 is 0 Å². The van der Waals surface area contributed by atoms with E-state index in [-0.39, 0.29) is 17.2 Å². The van der Waals surface area contributed by atoms with E-state index in [4.69, 9.17) is 5.26 Å². The van der Waals surface area contributed by atoms with Gasteiger partial charge in [-0.3, -0.25) is 4.79 Å². The van der Waals surface area contributed by atoms with Crippen molar-refractivity contribution in [1.82, 2.24) is 4.90 Å². The van der Waals surface area contributed by atoms with E-state index in [9.17, 15) is 9.90 Å². The van der Waals surface area contributed by atoms with E-state index in [1.54, 1.807) is 14.1 Å². The van der Waals surface area contributed by atoms with Crippen molar-refractivity contribution in [3.8, 4) is 11.8 Å². The molecule has 0 fully saturated rings. The first-order chi connectivity index (χ1) is 6.56. The highest BCUT2D eigenvalue weighted by Crippen LogP contribution is 2.19. The molecule has 72 valence electrons. The first-order valence-corrected chi connectivity index (χ1v) is 4.01. The summed E-state index contributed by atoms with van der Waals surface area (Å²) in [6.45, 7) is 0. The second-order valence-corrected chi connectivity index (χ2v) is 3.04. The zero-order valence-corrected chi connectivity index (χ0v) is 7.98. The lowest BCUT2D eigenvalue weighted by Crippen LogP contribution is -2.21. The van der Waals surface area contributed by atoms with Gasteiger partial charge in [0.15, 0.2) is 0 Å². The van der Waals surface area contributed by atoms with Crippen molar-refractivity contribution in [2.45, 2.75) is 0 Å². The number of nitrogens with zero attached hydrogens (tertiary/aromatic N) is 2. The minimum atomic E-state index is -0.320. The zero-order chi connectivity index (χ0) is 10.7. The Hall–Kier alpha value is -2.02. The molecule has 0 atom stereocenters. The summed E-state index contributed by atoms with van der Waals surface area (Å²) in [5.74, 6) is -0.428. The number of benzene rings is 1. The Labute approximate surface area is 82.0 Å². The maximum Gasteiger partial charge on any atom is 0.257 e. The molecule has 0 unspecified atom stereocenters. The SMILES string of the molecule is CN(C)C(=O)c1cc(C#N)ccc1O. The van der Waals surface area contributed by atoms with Crippen LogP contribution in [-0.4, -0.2) is 30.0 Å². The standard InChI is InChI=1S/C10H10N2O2/c1-12(2)10(14)8-5-7(6-11)3-4-9(8)13/h3-5,13H,1-2H3. The topological polar surface area (TPSA) is 64.3 Å². The van der Waals surface area contributed by atoms with E-state index in [0.29, 0.717) is 5.56 Å². The number of hydrogen-bond acceptors (Lipinski definition) is 3. The van der Waals surface area contributed by atoms with Crippen molar-refractivity contribution >= 4 is 5.91 Å². The van der Waals surface area contributed by atoms with E-state index in [0.717, 1.165) is 0 Å². The molecule has 0 radical (unpaired) electrons. The van der Waals surface area contributed by atoms with Crippen LogP contribution in [0.3, 0.4) is 0 Å². The highest BCUT2D eigenvalue weighted by molar-refractivity contribution is 5.96. The summed E-state index contributed by atoms with van der Waals surface area (Å²) < 4.78 is 0. The Bertz CT molecular complexity index is 405. The number of nitriles is 1. The van der Waals surface area contributed by atoms with E-state index < -0.39 is 0 Å². The molecule has 0 aliphatic heterocycles. The molecule has 1 aromatic carbocycles. The van der Waals surface area contributed by atoms with Gasteiger partial charge in [-0.1, -0.05) is 0 Å². The molecule has 0 aromatic heterocycles. The summed E-state index contributed by atoms with van der Waals surface area (Å²) >= 11 is 0. The Morgan fingerprint density at radius 1 is 1.50 bits per heavy atom. The predicted octanol–water partition coefficient (Wildman–Crippen LogP) is 0.966. The maximum absolute atomic E-state index is 11.5.